The van der Waals surface area contributed by atoms with Crippen molar-refractivity contribution < 1.29 is 9.53 Å². The average Bonchev–Trinajstić information content (AvgIpc) is 2.15. The number of hydrogen-bond donors (Lipinski definition) is 0. The summed E-state index contributed by atoms with van der Waals surface area (Å²) in [7, 11) is 1.43. The van der Waals surface area contributed by atoms with Crippen LogP contribution in [0.25, 0.3) is 0 Å². The van der Waals surface area contributed by atoms with Gasteiger partial charge in [0.05, 0.1) is 7.11 Å². The lowest BCUT2D eigenvalue weighted by Gasteiger charge is -2.00. The number of carbonyl (C=O) groups excluding carboxylic acids is 1. The van der Waals surface area contributed by atoms with Crippen LogP contribution in [0.3, 0.4) is 0 Å². The van der Waals surface area contributed by atoms with E-state index >= 15 is 0 Å². The van der Waals surface area contributed by atoms with Crippen LogP contribution in [0.4, 0.5) is 0 Å². The van der Waals surface area contributed by atoms with Gasteiger partial charge in [0, 0.05) is 6.42 Å². The molecule has 0 aromatic rings. The first kappa shape index (κ1) is 13.2. The molecule has 0 saturated heterocycles. The van der Waals surface area contributed by atoms with Crippen LogP contribution in [-0.2, 0) is 9.53 Å². The summed E-state index contributed by atoms with van der Waals surface area (Å²) >= 11 is 0. The van der Waals surface area contributed by atoms with E-state index in [4.69, 9.17) is 0 Å². The lowest BCUT2D eigenvalue weighted by Crippen LogP contribution is -1.97. The number of methoxy groups -OCH3 is 1. The monoisotopic (exact) mass is 198 g/mol. The molecule has 0 aromatic heterocycles. The van der Waals surface area contributed by atoms with Crippen LogP contribution >= 0.6 is 0 Å². The van der Waals surface area contributed by atoms with Crippen molar-refractivity contribution in [3.05, 3.63) is 12.2 Å². The molecule has 0 N–H and O–H groups in total. The molecule has 0 aliphatic rings. The second-order valence-electron chi connectivity index (χ2n) is 3.91. The minimum Gasteiger partial charge on any atom is -0.469 e. The molecule has 0 spiro atoms. The summed E-state index contributed by atoms with van der Waals surface area (Å²) in [6, 6.07) is 0. The number of carbonyl (C=O) groups is 1. The van der Waals surface area contributed by atoms with Crippen LogP contribution in [0.1, 0.15) is 46.0 Å². The summed E-state index contributed by atoms with van der Waals surface area (Å²) in [4.78, 5) is 10.7. The Morgan fingerprint density at radius 1 is 1.29 bits per heavy atom. The maximum Gasteiger partial charge on any atom is 0.305 e. The summed E-state index contributed by atoms with van der Waals surface area (Å²) in [6.07, 6.45) is 9.17. The fourth-order valence-electron chi connectivity index (χ4n) is 1.18. The van der Waals surface area contributed by atoms with Gasteiger partial charge in [-0.1, -0.05) is 32.4 Å². The van der Waals surface area contributed by atoms with Gasteiger partial charge >= 0.3 is 5.97 Å². The van der Waals surface area contributed by atoms with Crippen molar-refractivity contribution in [3.8, 4) is 0 Å². The SMILES string of the molecule is COC(=O)CC/C=C\CCCC(C)C. The fraction of sp³-hybridized carbons (Fsp3) is 0.750. The second-order valence-corrected chi connectivity index (χ2v) is 3.91. The highest BCUT2D eigenvalue weighted by molar-refractivity contribution is 5.69. The van der Waals surface area contributed by atoms with E-state index in [1.54, 1.807) is 0 Å². The fourth-order valence-corrected chi connectivity index (χ4v) is 1.18. The smallest absolute Gasteiger partial charge is 0.305 e. The van der Waals surface area contributed by atoms with Crippen molar-refractivity contribution in [2.75, 3.05) is 7.11 Å². The summed E-state index contributed by atoms with van der Waals surface area (Å²) in [5.41, 5.74) is 0. The number of unbranched alkanes of at least 4 members (excludes halogenated alkanes) is 1. The van der Waals surface area contributed by atoms with Gasteiger partial charge in [0.1, 0.15) is 0 Å². The first-order valence-corrected chi connectivity index (χ1v) is 5.38. The molecule has 0 radical (unpaired) electrons. The molecule has 0 bridgehead atoms. The molecule has 0 amide bonds. The van der Waals surface area contributed by atoms with Crippen molar-refractivity contribution >= 4 is 5.97 Å². The Labute approximate surface area is 87.3 Å². The van der Waals surface area contributed by atoms with Crippen LogP contribution in [0.15, 0.2) is 12.2 Å². The van der Waals surface area contributed by atoms with Crippen LogP contribution in [0, 0.1) is 5.92 Å². The molecule has 0 fully saturated rings. The Morgan fingerprint density at radius 3 is 2.50 bits per heavy atom. The topological polar surface area (TPSA) is 26.3 Å². The molecule has 0 atom stereocenters. The molecule has 0 saturated carbocycles. The minimum atomic E-state index is -0.128. The Hall–Kier alpha value is -0.790. The van der Waals surface area contributed by atoms with Crippen molar-refractivity contribution in [2.45, 2.75) is 46.0 Å². The van der Waals surface area contributed by atoms with Crippen LogP contribution < -0.4 is 0 Å². The Balaban J connectivity index is 3.24. The molecule has 0 aromatic carbocycles. The van der Waals surface area contributed by atoms with E-state index in [-0.39, 0.29) is 5.97 Å². The van der Waals surface area contributed by atoms with Gasteiger partial charge in [0.2, 0.25) is 0 Å². The van der Waals surface area contributed by atoms with Crippen molar-refractivity contribution in [2.24, 2.45) is 5.92 Å². The van der Waals surface area contributed by atoms with E-state index in [9.17, 15) is 4.79 Å². The third-order valence-corrected chi connectivity index (χ3v) is 2.06. The zero-order valence-electron chi connectivity index (χ0n) is 9.58. The molecule has 14 heavy (non-hydrogen) atoms. The highest BCUT2D eigenvalue weighted by atomic mass is 16.5. The first-order chi connectivity index (χ1) is 6.66. The third kappa shape index (κ3) is 9.30. The van der Waals surface area contributed by atoms with Gasteiger partial charge in [-0.05, 0) is 25.2 Å². The summed E-state index contributed by atoms with van der Waals surface area (Å²) in [5.74, 6) is 0.662. The van der Waals surface area contributed by atoms with Gasteiger partial charge in [0.25, 0.3) is 0 Å². The maximum atomic E-state index is 10.7. The van der Waals surface area contributed by atoms with Gasteiger partial charge in [-0.25, -0.2) is 0 Å². The van der Waals surface area contributed by atoms with E-state index in [2.05, 4.69) is 30.7 Å². The summed E-state index contributed by atoms with van der Waals surface area (Å²) in [5, 5.41) is 0. The van der Waals surface area contributed by atoms with Gasteiger partial charge in [-0.3, -0.25) is 4.79 Å². The lowest BCUT2D eigenvalue weighted by atomic mass is 10.1. The van der Waals surface area contributed by atoms with E-state index in [1.165, 1.54) is 20.0 Å². The lowest BCUT2D eigenvalue weighted by molar-refractivity contribution is -0.140. The Kier molecular flexibility index (Phi) is 8.30. The molecular formula is C12H22O2. The van der Waals surface area contributed by atoms with Gasteiger partial charge in [-0.2, -0.15) is 0 Å². The second kappa shape index (κ2) is 8.79. The number of allylic oxidation sites excluding steroid dienone is 2. The van der Waals surface area contributed by atoms with Crippen LogP contribution in [0.2, 0.25) is 0 Å². The number of ether oxygens (including phenoxy) is 1. The quantitative estimate of drug-likeness (QED) is 0.356. The normalized spacial score (nSPS) is 11.1. The van der Waals surface area contributed by atoms with Crippen molar-refractivity contribution in [3.63, 3.8) is 0 Å². The summed E-state index contributed by atoms with van der Waals surface area (Å²) < 4.78 is 4.54. The predicted molar refractivity (Wildman–Crippen MR) is 59.1 cm³/mol. The van der Waals surface area contributed by atoms with Gasteiger partial charge in [0.15, 0.2) is 0 Å². The molecule has 2 heteroatoms. The molecule has 0 unspecified atom stereocenters. The highest BCUT2D eigenvalue weighted by Crippen LogP contribution is 2.06. The molecule has 0 aliphatic carbocycles. The average molecular weight is 198 g/mol. The van der Waals surface area contributed by atoms with Crippen LogP contribution in [-0.4, -0.2) is 13.1 Å². The number of rotatable bonds is 7. The standard InChI is InChI=1S/C12H22O2/c1-11(2)9-7-5-4-6-8-10-12(13)14-3/h4,6,11H,5,7-10H2,1-3H3/b6-4-. The van der Waals surface area contributed by atoms with Gasteiger partial charge in [-0.15, -0.1) is 0 Å². The number of hydrogen-bond acceptors (Lipinski definition) is 2. The first-order valence-electron chi connectivity index (χ1n) is 5.38. The summed E-state index contributed by atoms with van der Waals surface area (Å²) in [6.45, 7) is 4.47. The minimum absolute atomic E-state index is 0.128. The molecule has 2 nitrogen and oxygen atoms in total. The molecule has 0 rings (SSSR count). The van der Waals surface area contributed by atoms with E-state index < -0.39 is 0 Å². The Morgan fingerprint density at radius 2 is 1.93 bits per heavy atom. The molecule has 0 aliphatic heterocycles. The molecule has 0 heterocycles. The Bertz CT molecular complexity index is 171. The van der Waals surface area contributed by atoms with Gasteiger partial charge < -0.3 is 4.74 Å². The third-order valence-electron chi connectivity index (χ3n) is 2.06. The predicted octanol–water partition coefficient (Wildman–Crippen LogP) is 3.32. The van der Waals surface area contributed by atoms with Crippen molar-refractivity contribution in [1.82, 2.24) is 0 Å². The zero-order chi connectivity index (χ0) is 10.8. The highest BCUT2D eigenvalue weighted by Gasteiger charge is 1.95. The van der Waals surface area contributed by atoms with E-state index in [1.807, 2.05) is 0 Å². The molecule has 82 valence electrons. The van der Waals surface area contributed by atoms with Crippen LogP contribution in [0.5, 0.6) is 0 Å². The van der Waals surface area contributed by atoms with E-state index in [0.29, 0.717) is 6.42 Å². The molecular weight excluding hydrogens is 176 g/mol. The maximum absolute atomic E-state index is 10.7. The zero-order valence-corrected chi connectivity index (χ0v) is 9.58. The van der Waals surface area contributed by atoms with Crippen molar-refractivity contribution in [1.29, 1.82) is 0 Å². The van der Waals surface area contributed by atoms with E-state index in [0.717, 1.165) is 18.8 Å². The largest absolute Gasteiger partial charge is 0.469 e. The number of esters is 1.